The average molecular weight is 406 g/mol. The fourth-order valence-electron chi connectivity index (χ4n) is 4.13. The smallest absolute Gasteiger partial charge is 0.261 e. The Morgan fingerprint density at radius 2 is 2.10 bits per heavy atom. The number of hydrogen-bond donors (Lipinski definition) is 2. The summed E-state index contributed by atoms with van der Waals surface area (Å²) < 4.78 is 2.22. The second-order valence-corrected chi connectivity index (χ2v) is 8.45. The van der Waals surface area contributed by atoms with Gasteiger partial charge in [-0.3, -0.25) is 4.79 Å². The summed E-state index contributed by atoms with van der Waals surface area (Å²) in [5.74, 6) is 1.83. The molecule has 6 nitrogen and oxygen atoms in total. The molecule has 1 aliphatic heterocycles. The number of rotatable bonds is 5. The summed E-state index contributed by atoms with van der Waals surface area (Å²) in [5, 5.41) is 15.3. The summed E-state index contributed by atoms with van der Waals surface area (Å²) in [4.78, 5) is 16.9. The molecule has 29 heavy (non-hydrogen) atoms. The van der Waals surface area contributed by atoms with Crippen molar-refractivity contribution < 1.29 is 4.79 Å². The molecule has 7 heteroatoms. The lowest BCUT2D eigenvalue weighted by Crippen LogP contribution is -2.31. The van der Waals surface area contributed by atoms with Gasteiger partial charge < -0.3 is 14.9 Å². The highest BCUT2D eigenvalue weighted by atomic mass is 32.1. The molecule has 1 aromatic carbocycles. The van der Waals surface area contributed by atoms with E-state index in [4.69, 9.17) is 0 Å². The van der Waals surface area contributed by atoms with E-state index >= 15 is 0 Å². The highest BCUT2D eigenvalue weighted by Gasteiger charge is 2.25. The van der Waals surface area contributed by atoms with E-state index in [0.29, 0.717) is 11.3 Å². The number of hydrogen-bond acceptors (Lipinski definition) is 4. The van der Waals surface area contributed by atoms with E-state index < -0.39 is 0 Å². The number of fused-ring (bicyclic) bond motifs is 2. The zero-order chi connectivity index (χ0) is 19.6. The number of benzene rings is 1. The van der Waals surface area contributed by atoms with Crippen LogP contribution in [0.1, 0.15) is 52.2 Å². The third-order valence-electron chi connectivity index (χ3n) is 5.60. The van der Waals surface area contributed by atoms with E-state index in [2.05, 4.69) is 37.2 Å². The van der Waals surface area contributed by atoms with E-state index in [-0.39, 0.29) is 11.9 Å². The molecule has 148 valence electrons. The Bertz CT molecular complexity index is 1130. The molecular weight excluding hydrogens is 382 g/mol. The van der Waals surface area contributed by atoms with Crippen LogP contribution in [0.3, 0.4) is 0 Å². The first-order valence-electron chi connectivity index (χ1n) is 10.1. The van der Waals surface area contributed by atoms with Gasteiger partial charge in [-0.2, -0.15) is 0 Å². The van der Waals surface area contributed by atoms with Gasteiger partial charge in [0.2, 0.25) is 0 Å². The Kier molecular flexibility index (Phi) is 4.89. The first kappa shape index (κ1) is 18.1. The molecule has 0 spiro atoms. The second-order valence-electron chi connectivity index (χ2n) is 7.50. The van der Waals surface area contributed by atoms with E-state index in [1.807, 2.05) is 35.8 Å². The lowest BCUT2D eigenvalue weighted by Gasteiger charge is -2.19. The highest BCUT2D eigenvalue weighted by molar-refractivity contribution is 7.12. The number of nitrogens with one attached hydrogen (secondary N) is 2. The molecule has 1 amide bonds. The molecule has 0 aliphatic carbocycles. The van der Waals surface area contributed by atoms with Gasteiger partial charge in [0.15, 0.2) is 5.82 Å². The number of para-hydroxylation sites is 1. The monoisotopic (exact) mass is 405 g/mol. The number of aryl methyl sites for hydroxylation is 1. The Morgan fingerprint density at radius 3 is 3.00 bits per heavy atom. The quantitative estimate of drug-likeness (QED) is 0.521. The van der Waals surface area contributed by atoms with Gasteiger partial charge in [0.1, 0.15) is 5.82 Å². The van der Waals surface area contributed by atoms with Crippen LogP contribution in [-0.4, -0.2) is 25.7 Å². The standard InChI is InChI=1S/C22H23N5OS/c28-22(19-9-6-12-29-19)24-18(13-15-14-23-17-8-4-3-7-16(15)17)21-26-25-20-10-2-1-5-11-27(20)21/h3-4,6-9,12,14,18,23H,1-2,5,10-11,13H2,(H,24,28)/t18-/m1/s1. The van der Waals surface area contributed by atoms with Crippen molar-refractivity contribution in [3.63, 3.8) is 0 Å². The van der Waals surface area contributed by atoms with Crippen molar-refractivity contribution in [2.45, 2.75) is 44.7 Å². The molecule has 0 fully saturated rings. The van der Waals surface area contributed by atoms with Crippen molar-refractivity contribution in [2.75, 3.05) is 0 Å². The van der Waals surface area contributed by atoms with Crippen LogP contribution in [0.4, 0.5) is 0 Å². The molecule has 0 unspecified atom stereocenters. The van der Waals surface area contributed by atoms with Crippen molar-refractivity contribution >= 4 is 28.1 Å². The largest absolute Gasteiger partial charge is 0.361 e. The first-order chi connectivity index (χ1) is 14.3. The fourth-order valence-corrected chi connectivity index (χ4v) is 4.76. The lowest BCUT2D eigenvalue weighted by molar-refractivity contribution is 0.0938. The minimum absolute atomic E-state index is 0.0594. The number of thiophene rings is 1. The maximum Gasteiger partial charge on any atom is 0.261 e. The molecule has 4 heterocycles. The number of amides is 1. The number of carbonyl (C=O) groups is 1. The lowest BCUT2D eigenvalue weighted by atomic mass is 10.0. The van der Waals surface area contributed by atoms with Crippen molar-refractivity contribution in [3.8, 4) is 0 Å². The van der Waals surface area contributed by atoms with Gasteiger partial charge in [-0.05, 0) is 35.9 Å². The van der Waals surface area contributed by atoms with Gasteiger partial charge in [-0.15, -0.1) is 21.5 Å². The molecule has 5 rings (SSSR count). The van der Waals surface area contributed by atoms with Crippen LogP contribution >= 0.6 is 11.3 Å². The minimum atomic E-state index is -0.233. The van der Waals surface area contributed by atoms with E-state index in [0.717, 1.165) is 43.0 Å². The SMILES string of the molecule is O=C(N[C@H](Cc1c[nH]c2ccccc12)c1nnc2n1CCCCC2)c1cccs1. The minimum Gasteiger partial charge on any atom is -0.361 e. The molecule has 3 aromatic heterocycles. The molecule has 0 saturated carbocycles. The first-order valence-corrected chi connectivity index (χ1v) is 11.0. The third-order valence-corrected chi connectivity index (χ3v) is 6.47. The van der Waals surface area contributed by atoms with Crippen LogP contribution in [0, 0.1) is 0 Å². The van der Waals surface area contributed by atoms with Crippen LogP contribution in [-0.2, 0) is 19.4 Å². The van der Waals surface area contributed by atoms with Crippen LogP contribution in [0.15, 0.2) is 48.0 Å². The molecule has 0 saturated heterocycles. The van der Waals surface area contributed by atoms with E-state index in [1.54, 1.807) is 0 Å². The predicted octanol–water partition coefficient (Wildman–Crippen LogP) is 4.26. The molecule has 0 radical (unpaired) electrons. The Balaban J connectivity index is 1.51. The number of aromatic amines is 1. The topological polar surface area (TPSA) is 75.6 Å². The summed E-state index contributed by atoms with van der Waals surface area (Å²) in [6.45, 7) is 0.914. The van der Waals surface area contributed by atoms with Gasteiger partial charge in [-0.1, -0.05) is 30.7 Å². The Labute approximate surface area is 173 Å². The van der Waals surface area contributed by atoms with E-state index in [1.165, 1.54) is 28.7 Å². The van der Waals surface area contributed by atoms with Gasteiger partial charge in [0.25, 0.3) is 5.91 Å². The van der Waals surface area contributed by atoms with Gasteiger partial charge in [0, 0.05) is 36.5 Å². The van der Waals surface area contributed by atoms with Crippen molar-refractivity contribution in [3.05, 3.63) is 70.1 Å². The summed E-state index contributed by atoms with van der Waals surface area (Å²) in [6, 6.07) is 11.8. The maximum absolute atomic E-state index is 12.9. The summed E-state index contributed by atoms with van der Waals surface area (Å²) >= 11 is 1.45. The van der Waals surface area contributed by atoms with Gasteiger partial charge >= 0.3 is 0 Å². The van der Waals surface area contributed by atoms with E-state index in [9.17, 15) is 4.79 Å². The molecular formula is C22H23N5OS. The molecule has 0 bridgehead atoms. The zero-order valence-electron chi connectivity index (χ0n) is 16.1. The number of carbonyl (C=O) groups excluding carboxylic acids is 1. The normalized spacial score (nSPS) is 15.0. The Hall–Kier alpha value is -2.93. The predicted molar refractivity (Wildman–Crippen MR) is 114 cm³/mol. The van der Waals surface area contributed by atoms with Crippen LogP contribution < -0.4 is 5.32 Å². The molecule has 2 N–H and O–H groups in total. The van der Waals surface area contributed by atoms with Crippen LogP contribution in [0.5, 0.6) is 0 Å². The maximum atomic E-state index is 12.9. The number of nitrogens with zero attached hydrogens (tertiary/aromatic N) is 3. The van der Waals surface area contributed by atoms with Crippen molar-refractivity contribution in [1.29, 1.82) is 0 Å². The third kappa shape index (κ3) is 3.58. The molecule has 1 aliphatic rings. The van der Waals surface area contributed by atoms with Crippen molar-refractivity contribution in [1.82, 2.24) is 25.1 Å². The van der Waals surface area contributed by atoms with Gasteiger partial charge in [-0.25, -0.2) is 0 Å². The number of aromatic nitrogens is 4. The van der Waals surface area contributed by atoms with Gasteiger partial charge in [0.05, 0.1) is 10.9 Å². The molecule has 1 atom stereocenters. The van der Waals surface area contributed by atoms with Crippen molar-refractivity contribution in [2.24, 2.45) is 0 Å². The highest BCUT2D eigenvalue weighted by Crippen LogP contribution is 2.26. The fraction of sp³-hybridized carbons (Fsp3) is 0.318. The Morgan fingerprint density at radius 1 is 1.17 bits per heavy atom. The molecule has 4 aromatic rings. The summed E-state index contributed by atoms with van der Waals surface area (Å²) in [6.07, 6.45) is 7.13. The average Bonchev–Trinajstić information content (AvgIpc) is 3.46. The van der Waals surface area contributed by atoms with Crippen LogP contribution in [0.25, 0.3) is 10.9 Å². The van der Waals surface area contributed by atoms with Crippen LogP contribution in [0.2, 0.25) is 0 Å². The number of H-pyrrole nitrogens is 1. The summed E-state index contributed by atoms with van der Waals surface area (Å²) in [7, 11) is 0. The zero-order valence-corrected chi connectivity index (χ0v) is 16.9. The summed E-state index contributed by atoms with van der Waals surface area (Å²) in [5.41, 5.74) is 2.27. The second kappa shape index (κ2) is 7.83.